The lowest BCUT2D eigenvalue weighted by Crippen LogP contribution is -2.27. The maximum Gasteiger partial charge on any atom is 0.273 e. The largest absolute Gasteiger partial charge is 0.344 e. The Kier molecular flexibility index (Phi) is 4.83. The molecule has 0 aliphatic rings. The SMILES string of the molecule is CC(NC(=O)c1cn(Cc2ccccc2)nn1)c1ccc(F)cc1F. The summed E-state index contributed by atoms with van der Waals surface area (Å²) in [5.74, 6) is -1.85. The van der Waals surface area contributed by atoms with Gasteiger partial charge in [-0.1, -0.05) is 41.6 Å². The van der Waals surface area contributed by atoms with Crippen LogP contribution in [0.25, 0.3) is 0 Å². The summed E-state index contributed by atoms with van der Waals surface area (Å²) in [6, 6.07) is 12.2. The maximum atomic E-state index is 13.8. The van der Waals surface area contributed by atoms with E-state index in [-0.39, 0.29) is 11.3 Å². The van der Waals surface area contributed by atoms with Gasteiger partial charge in [-0.25, -0.2) is 13.5 Å². The van der Waals surface area contributed by atoms with E-state index in [0.29, 0.717) is 6.54 Å². The highest BCUT2D eigenvalue weighted by Gasteiger charge is 2.17. The van der Waals surface area contributed by atoms with Crippen molar-refractivity contribution in [3.63, 3.8) is 0 Å². The van der Waals surface area contributed by atoms with Crippen LogP contribution in [0, 0.1) is 11.6 Å². The van der Waals surface area contributed by atoms with Gasteiger partial charge < -0.3 is 5.32 Å². The van der Waals surface area contributed by atoms with Crippen molar-refractivity contribution < 1.29 is 13.6 Å². The summed E-state index contributed by atoms with van der Waals surface area (Å²) in [5.41, 5.74) is 1.36. The molecule has 128 valence electrons. The zero-order valence-corrected chi connectivity index (χ0v) is 13.5. The molecule has 25 heavy (non-hydrogen) atoms. The summed E-state index contributed by atoms with van der Waals surface area (Å²) >= 11 is 0. The number of nitrogens with zero attached hydrogens (tertiary/aromatic N) is 3. The van der Waals surface area contributed by atoms with Crippen LogP contribution in [0.4, 0.5) is 8.78 Å². The van der Waals surface area contributed by atoms with Crippen molar-refractivity contribution in [2.24, 2.45) is 0 Å². The van der Waals surface area contributed by atoms with Gasteiger partial charge in [-0.05, 0) is 18.6 Å². The molecule has 7 heteroatoms. The van der Waals surface area contributed by atoms with Gasteiger partial charge in [0.25, 0.3) is 5.91 Å². The first-order valence-electron chi connectivity index (χ1n) is 7.73. The predicted molar refractivity (Wildman–Crippen MR) is 87.8 cm³/mol. The number of halogens is 2. The lowest BCUT2D eigenvalue weighted by Gasteiger charge is -2.14. The third-order valence-corrected chi connectivity index (χ3v) is 3.74. The highest BCUT2D eigenvalue weighted by Crippen LogP contribution is 2.18. The van der Waals surface area contributed by atoms with Crippen LogP contribution in [0.2, 0.25) is 0 Å². The highest BCUT2D eigenvalue weighted by molar-refractivity contribution is 5.92. The summed E-state index contributed by atoms with van der Waals surface area (Å²) < 4.78 is 28.3. The van der Waals surface area contributed by atoms with Crippen molar-refractivity contribution in [3.05, 3.63) is 83.2 Å². The molecule has 1 atom stereocenters. The fourth-order valence-electron chi connectivity index (χ4n) is 2.45. The number of benzene rings is 2. The average Bonchev–Trinajstić information content (AvgIpc) is 3.04. The Labute approximate surface area is 143 Å². The van der Waals surface area contributed by atoms with Crippen LogP contribution in [0.15, 0.2) is 54.7 Å². The molecule has 1 heterocycles. The Morgan fingerprint density at radius 1 is 1.20 bits per heavy atom. The third-order valence-electron chi connectivity index (χ3n) is 3.74. The van der Waals surface area contributed by atoms with Gasteiger partial charge in [0.1, 0.15) is 11.6 Å². The minimum absolute atomic E-state index is 0.130. The average molecular weight is 342 g/mol. The summed E-state index contributed by atoms with van der Waals surface area (Å²) in [7, 11) is 0. The Bertz CT molecular complexity index is 880. The predicted octanol–water partition coefficient (Wildman–Crippen LogP) is 3.10. The van der Waals surface area contributed by atoms with E-state index in [1.165, 1.54) is 12.3 Å². The highest BCUT2D eigenvalue weighted by atomic mass is 19.1. The summed E-state index contributed by atoms with van der Waals surface area (Å²) in [5, 5.41) is 10.4. The number of amides is 1. The van der Waals surface area contributed by atoms with Crippen molar-refractivity contribution >= 4 is 5.91 Å². The second-order valence-corrected chi connectivity index (χ2v) is 5.65. The van der Waals surface area contributed by atoms with E-state index in [0.717, 1.165) is 17.7 Å². The van der Waals surface area contributed by atoms with E-state index in [2.05, 4.69) is 15.6 Å². The van der Waals surface area contributed by atoms with E-state index in [4.69, 9.17) is 0 Å². The molecule has 0 radical (unpaired) electrons. The first-order valence-corrected chi connectivity index (χ1v) is 7.73. The molecule has 1 N–H and O–H groups in total. The van der Waals surface area contributed by atoms with Gasteiger partial charge in [0, 0.05) is 11.6 Å². The number of hydrogen-bond donors (Lipinski definition) is 1. The van der Waals surface area contributed by atoms with Crippen LogP contribution in [0.3, 0.4) is 0 Å². The third kappa shape index (κ3) is 4.06. The number of carbonyl (C=O) groups excluding carboxylic acids is 1. The zero-order chi connectivity index (χ0) is 17.8. The van der Waals surface area contributed by atoms with Crippen molar-refractivity contribution in [1.29, 1.82) is 0 Å². The van der Waals surface area contributed by atoms with Crippen molar-refractivity contribution in [2.75, 3.05) is 0 Å². The molecule has 0 fully saturated rings. The molecule has 2 aromatic carbocycles. The Balaban J connectivity index is 1.67. The molecule has 0 spiro atoms. The molecule has 5 nitrogen and oxygen atoms in total. The molecule has 0 saturated heterocycles. The minimum Gasteiger partial charge on any atom is -0.344 e. The topological polar surface area (TPSA) is 59.8 Å². The molecule has 3 rings (SSSR count). The fraction of sp³-hybridized carbons (Fsp3) is 0.167. The smallest absolute Gasteiger partial charge is 0.273 e. The molecule has 0 aliphatic carbocycles. The van der Waals surface area contributed by atoms with Gasteiger partial charge in [0.05, 0.1) is 18.8 Å². The summed E-state index contributed by atoms with van der Waals surface area (Å²) in [6.07, 6.45) is 1.52. The van der Waals surface area contributed by atoms with Gasteiger partial charge in [-0.3, -0.25) is 4.79 Å². The second-order valence-electron chi connectivity index (χ2n) is 5.65. The van der Waals surface area contributed by atoms with Crippen LogP contribution in [0.1, 0.15) is 34.6 Å². The fourth-order valence-corrected chi connectivity index (χ4v) is 2.45. The number of hydrogen-bond acceptors (Lipinski definition) is 3. The van der Waals surface area contributed by atoms with E-state index in [1.807, 2.05) is 30.3 Å². The van der Waals surface area contributed by atoms with Crippen LogP contribution < -0.4 is 5.32 Å². The van der Waals surface area contributed by atoms with E-state index >= 15 is 0 Å². The van der Waals surface area contributed by atoms with Crippen LogP contribution >= 0.6 is 0 Å². The van der Waals surface area contributed by atoms with Gasteiger partial charge in [0.2, 0.25) is 0 Å². The van der Waals surface area contributed by atoms with E-state index < -0.39 is 23.6 Å². The molecule has 3 aromatic rings. The monoisotopic (exact) mass is 342 g/mol. The molecular weight excluding hydrogens is 326 g/mol. The molecular formula is C18H16F2N4O. The normalized spacial score (nSPS) is 12.0. The second kappa shape index (κ2) is 7.21. The van der Waals surface area contributed by atoms with Gasteiger partial charge in [-0.2, -0.15) is 0 Å². The number of carbonyl (C=O) groups is 1. The summed E-state index contributed by atoms with van der Waals surface area (Å²) in [6.45, 7) is 2.10. The van der Waals surface area contributed by atoms with Crippen molar-refractivity contribution in [1.82, 2.24) is 20.3 Å². The number of nitrogens with one attached hydrogen (secondary N) is 1. The molecule has 1 amide bonds. The zero-order valence-electron chi connectivity index (χ0n) is 13.5. The van der Waals surface area contributed by atoms with E-state index in [9.17, 15) is 13.6 Å². The lowest BCUT2D eigenvalue weighted by molar-refractivity contribution is 0.0934. The van der Waals surface area contributed by atoms with Crippen LogP contribution in [-0.2, 0) is 6.54 Å². The van der Waals surface area contributed by atoms with Crippen molar-refractivity contribution in [3.8, 4) is 0 Å². The lowest BCUT2D eigenvalue weighted by atomic mass is 10.1. The molecule has 0 aliphatic heterocycles. The minimum atomic E-state index is -0.708. The Morgan fingerprint density at radius 3 is 2.68 bits per heavy atom. The molecule has 1 aromatic heterocycles. The van der Waals surface area contributed by atoms with Gasteiger partial charge in [-0.15, -0.1) is 5.10 Å². The van der Waals surface area contributed by atoms with Crippen LogP contribution in [0.5, 0.6) is 0 Å². The molecule has 0 saturated carbocycles. The molecule has 0 bridgehead atoms. The Hall–Kier alpha value is -3.09. The van der Waals surface area contributed by atoms with Gasteiger partial charge >= 0.3 is 0 Å². The van der Waals surface area contributed by atoms with Crippen molar-refractivity contribution in [2.45, 2.75) is 19.5 Å². The standard InChI is InChI=1S/C18H16F2N4O/c1-12(15-8-7-14(19)9-16(15)20)21-18(25)17-11-24(23-22-17)10-13-5-3-2-4-6-13/h2-9,11-12H,10H2,1H3,(H,21,25). The summed E-state index contributed by atoms with van der Waals surface area (Å²) in [4.78, 5) is 12.2. The van der Waals surface area contributed by atoms with Crippen LogP contribution in [-0.4, -0.2) is 20.9 Å². The first-order chi connectivity index (χ1) is 12.0. The number of aromatic nitrogens is 3. The quantitative estimate of drug-likeness (QED) is 0.775. The molecule has 1 unspecified atom stereocenters. The number of rotatable bonds is 5. The first kappa shape index (κ1) is 16.8. The van der Waals surface area contributed by atoms with E-state index in [1.54, 1.807) is 11.6 Å². The van der Waals surface area contributed by atoms with Gasteiger partial charge in [0.15, 0.2) is 5.69 Å². The maximum absolute atomic E-state index is 13.8. The Morgan fingerprint density at radius 2 is 1.96 bits per heavy atom.